The van der Waals surface area contributed by atoms with Gasteiger partial charge in [0.1, 0.15) is 0 Å². The molecule has 0 spiro atoms. The van der Waals surface area contributed by atoms with Crippen molar-refractivity contribution in [2.45, 2.75) is 57.5 Å². The van der Waals surface area contributed by atoms with Crippen molar-refractivity contribution >= 4 is 11.8 Å². The fourth-order valence-corrected chi connectivity index (χ4v) is 4.79. The molecule has 0 bridgehead atoms. The zero-order valence-corrected chi connectivity index (χ0v) is 18.1. The molecular formula is C24H35N3O3. The average Bonchev–Trinajstić information content (AvgIpc) is 3.49. The monoisotopic (exact) mass is 413 g/mol. The number of nitrogens with one attached hydrogen (secondary N) is 1. The summed E-state index contributed by atoms with van der Waals surface area (Å²) in [6, 6.07) is 8.78. The lowest BCUT2D eigenvalue weighted by molar-refractivity contribution is -0.136. The molecular weight excluding hydrogens is 378 g/mol. The van der Waals surface area contributed by atoms with E-state index in [-0.39, 0.29) is 11.8 Å². The first-order valence-corrected chi connectivity index (χ1v) is 11.5. The number of rotatable bonds is 8. The van der Waals surface area contributed by atoms with E-state index in [1.54, 1.807) is 0 Å². The molecule has 0 unspecified atom stereocenters. The molecule has 0 radical (unpaired) electrons. The second-order valence-corrected chi connectivity index (χ2v) is 9.19. The van der Waals surface area contributed by atoms with E-state index in [9.17, 15) is 9.59 Å². The van der Waals surface area contributed by atoms with Gasteiger partial charge in [0.05, 0.1) is 19.6 Å². The minimum absolute atomic E-state index is 0.0832. The molecule has 1 N–H and O–H groups in total. The molecule has 6 nitrogen and oxygen atoms in total. The van der Waals surface area contributed by atoms with Crippen LogP contribution in [0.3, 0.4) is 0 Å². The molecule has 2 amide bonds. The molecule has 2 aliphatic heterocycles. The van der Waals surface area contributed by atoms with E-state index >= 15 is 0 Å². The number of ether oxygens (including phenoxy) is 1. The number of likely N-dealkylation sites (tertiary alicyclic amines) is 1. The number of carbonyl (C=O) groups is 2. The predicted molar refractivity (Wildman–Crippen MR) is 116 cm³/mol. The van der Waals surface area contributed by atoms with Crippen molar-refractivity contribution in [3.63, 3.8) is 0 Å². The Morgan fingerprint density at radius 2 is 1.87 bits per heavy atom. The summed E-state index contributed by atoms with van der Waals surface area (Å²) in [5.41, 5.74) is 2.24. The van der Waals surface area contributed by atoms with Crippen molar-refractivity contribution in [1.29, 1.82) is 0 Å². The van der Waals surface area contributed by atoms with Gasteiger partial charge in [0.15, 0.2) is 0 Å². The predicted octanol–water partition coefficient (Wildman–Crippen LogP) is 2.15. The third kappa shape index (κ3) is 5.82. The van der Waals surface area contributed by atoms with Crippen molar-refractivity contribution in [3.8, 4) is 0 Å². The van der Waals surface area contributed by atoms with Crippen LogP contribution in [-0.4, -0.2) is 73.1 Å². The van der Waals surface area contributed by atoms with Gasteiger partial charge in [-0.3, -0.25) is 14.5 Å². The van der Waals surface area contributed by atoms with E-state index in [0.717, 1.165) is 30.9 Å². The number of carbonyl (C=O) groups excluding carboxylic acids is 2. The van der Waals surface area contributed by atoms with Crippen molar-refractivity contribution in [1.82, 2.24) is 15.1 Å². The summed E-state index contributed by atoms with van der Waals surface area (Å²) in [5, 5.41) is 3.16. The van der Waals surface area contributed by atoms with Crippen LogP contribution < -0.4 is 5.32 Å². The number of hydrogen-bond donors (Lipinski definition) is 1. The van der Waals surface area contributed by atoms with E-state index in [1.165, 1.54) is 18.4 Å². The van der Waals surface area contributed by atoms with Gasteiger partial charge in [-0.25, -0.2) is 0 Å². The van der Waals surface area contributed by atoms with Crippen molar-refractivity contribution < 1.29 is 14.3 Å². The van der Waals surface area contributed by atoms with Gasteiger partial charge in [-0.15, -0.1) is 0 Å². The Hall–Kier alpha value is -1.92. The molecule has 4 rings (SSSR count). The summed E-state index contributed by atoms with van der Waals surface area (Å²) in [4.78, 5) is 29.7. The van der Waals surface area contributed by atoms with E-state index in [0.29, 0.717) is 57.8 Å². The van der Waals surface area contributed by atoms with Crippen LogP contribution in [0.4, 0.5) is 0 Å². The van der Waals surface area contributed by atoms with E-state index in [4.69, 9.17) is 4.74 Å². The average molecular weight is 414 g/mol. The second-order valence-electron chi connectivity index (χ2n) is 9.19. The molecule has 1 saturated carbocycles. The number of morpholine rings is 1. The maximum absolute atomic E-state index is 12.8. The van der Waals surface area contributed by atoms with Gasteiger partial charge in [-0.2, -0.15) is 0 Å². The highest BCUT2D eigenvalue weighted by atomic mass is 16.5. The topological polar surface area (TPSA) is 61.9 Å². The Morgan fingerprint density at radius 1 is 1.10 bits per heavy atom. The van der Waals surface area contributed by atoms with Gasteiger partial charge in [-0.05, 0) is 44.1 Å². The number of aryl methyl sites for hydroxylation is 1. The van der Waals surface area contributed by atoms with E-state index < -0.39 is 0 Å². The summed E-state index contributed by atoms with van der Waals surface area (Å²) in [6.45, 7) is 6.53. The smallest absolute Gasteiger partial charge is 0.224 e. The van der Waals surface area contributed by atoms with Crippen molar-refractivity contribution in [3.05, 3.63) is 35.4 Å². The number of hydrogen-bond acceptors (Lipinski definition) is 4. The van der Waals surface area contributed by atoms with Gasteiger partial charge in [0.25, 0.3) is 0 Å². The highest BCUT2D eigenvalue weighted by molar-refractivity contribution is 5.78. The first-order chi connectivity index (χ1) is 14.6. The summed E-state index contributed by atoms with van der Waals surface area (Å²) >= 11 is 0. The molecule has 1 aliphatic carbocycles. The van der Waals surface area contributed by atoms with E-state index in [1.807, 2.05) is 30.0 Å². The first kappa shape index (κ1) is 21.3. The van der Waals surface area contributed by atoms with E-state index in [2.05, 4.69) is 16.3 Å². The molecule has 1 aromatic carbocycles. The summed E-state index contributed by atoms with van der Waals surface area (Å²) in [6.07, 6.45) is 5.72. The number of benzene rings is 1. The molecule has 2 heterocycles. The highest BCUT2D eigenvalue weighted by Crippen LogP contribution is 2.35. The number of amides is 2. The van der Waals surface area contributed by atoms with Crippen LogP contribution in [0.5, 0.6) is 0 Å². The molecule has 2 atom stereocenters. The van der Waals surface area contributed by atoms with Gasteiger partial charge >= 0.3 is 0 Å². The number of nitrogens with zero attached hydrogens (tertiary/aromatic N) is 2. The lowest BCUT2D eigenvalue weighted by Crippen LogP contribution is -2.47. The molecule has 0 aromatic heterocycles. The molecule has 2 saturated heterocycles. The lowest BCUT2D eigenvalue weighted by atomic mass is 10.1. The Kier molecular flexibility index (Phi) is 7.05. The molecule has 30 heavy (non-hydrogen) atoms. The maximum atomic E-state index is 12.8. The highest BCUT2D eigenvalue weighted by Gasteiger charge is 2.38. The Balaban J connectivity index is 1.29. The zero-order chi connectivity index (χ0) is 20.9. The third-order valence-corrected chi connectivity index (χ3v) is 6.69. The fraction of sp³-hybridized carbons (Fsp3) is 0.667. The third-order valence-electron chi connectivity index (χ3n) is 6.69. The first-order valence-electron chi connectivity index (χ1n) is 11.5. The SMILES string of the molecule is Cc1cccc(CC(=O)NC[C@@H]2CC[C@H](CC(=O)N3CCOCC3)N2CC2CC2)c1. The van der Waals surface area contributed by atoms with Crippen molar-refractivity contribution in [2.75, 3.05) is 39.4 Å². The summed E-state index contributed by atoms with van der Waals surface area (Å²) < 4.78 is 5.38. The minimum atomic E-state index is 0.0832. The van der Waals surface area contributed by atoms with Gasteiger partial charge in [-0.1, -0.05) is 29.8 Å². The van der Waals surface area contributed by atoms with Crippen molar-refractivity contribution in [2.24, 2.45) is 5.92 Å². The maximum Gasteiger partial charge on any atom is 0.224 e. The van der Waals surface area contributed by atoms with Gasteiger partial charge < -0.3 is 15.0 Å². The zero-order valence-electron chi connectivity index (χ0n) is 18.1. The van der Waals surface area contributed by atoms with Gasteiger partial charge in [0.2, 0.25) is 11.8 Å². The standard InChI is InChI=1S/C24H35N3O3/c1-18-3-2-4-20(13-18)14-23(28)25-16-22-8-7-21(27(22)17-19-5-6-19)15-24(29)26-9-11-30-12-10-26/h2-4,13,19,21-22H,5-12,14-17H2,1H3,(H,25,28)/t21-,22+/m1/s1. The normalized spacial score (nSPS) is 24.8. The fourth-order valence-electron chi connectivity index (χ4n) is 4.79. The Labute approximate surface area is 179 Å². The molecule has 164 valence electrons. The van der Waals surface area contributed by atoms with Crippen LogP contribution in [0.25, 0.3) is 0 Å². The molecule has 3 fully saturated rings. The quantitative estimate of drug-likeness (QED) is 0.709. The van der Waals surface area contributed by atoms with Crippen LogP contribution in [-0.2, 0) is 20.7 Å². The minimum Gasteiger partial charge on any atom is -0.378 e. The van der Waals surface area contributed by atoms with Crippen LogP contribution in [0.1, 0.15) is 43.2 Å². The largest absolute Gasteiger partial charge is 0.378 e. The molecule has 1 aromatic rings. The summed E-state index contributed by atoms with van der Waals surface area (Å²) in [7, 11) is 0. The lowest BCUT2D eigenvalue weighted by Gasteiger charge is -2.33. The van der Waals surface area contributed by atoms with Crippen LogP contribution in [0.15, 0.2) is 24.3 Å². The van der Waals surface area contributed by atoms with Crippen LogP contribution in [0.2, 0.25) is 0 Å². The van der Waals surface area contributed by atoms with Gasteiger partial charge in [0, 0.05) is 44.7 Å². The second kappa shape index (κ2) is 9.92. The molecule has 3 aliphatic rings. The van der Waals surface area contributed by atoms with Crippen LogP contribution in [0, 0.1) is 12.8 Å². The molecule has 6 heteroatoms. The Morgan fingerprint density at radius 3 is 2.60 bits per heavy atom. The van der Waals surface area contributed by atoms with Crippen LogP contribution >= 0.6 is 0 Å². The summed E-state index contributed by atoms with van der Waals surface area (Å²) in [5.74, 6) is 1.11. The Bertz CT molecular complexity index is 743.